The van der Waals surface area contributed by atoms with Crippen molar-refractivity contribution in [2.24, 2.45) is 0 Å². The molecule has 0 saturated carbocycles. The molecule has 0 aromatic heterocycles. The molecule has 0 spiro atoms. The molecule has 1 amide bonds. The van der Waals surface area contributed by atoms with E-state index in [9.17, 15) is 9.18 Å². The van der Waals surface area contributed by atoms with E-state index in [2.05, 4.69) is 29.0 Å². The van der Waals surface area contributed by atoms with Crippen molar-refractivity contribution >= 4 is 11.6 Å². The van der Waals surface area contributed by atoms with Crippen molar-refractivity contribution in [3.63, 3.8) is 0 Å². The van der Waals surface area contributed by atoms with Gasteiger partial charge in [0.05, 0.1) is 23.9 Å². The molecule has 2 fully saturated rings. The maximum Gasteiger partial charge on any atom is 0.238 e. The number of halogens is 1. The zero-order valence-electron chi connectivity index (χ0n) is 15.1. The van der Waals surface area contributed by atoms with E-state index in [4.69, 9.17) is 4.74 Å². The summed E-state index contributed by atoms with van der Waals surface area (Å²) in [6.07, 6.45) is 2.57. The van der Waals surface area contributed by atoms with Gasteiger partial charge < -0.3 is 10.1 Å². The Hall–Kier alpha value is -1.50. The van der Waals surface area contributed by atoms with Gasteiger partial charge in [0.1, 0.15) is 5.82 Å². The summed E-state index contributed by atoms with van der Waals surface area (Å²) < 4.78 is 19.6. The number of para-hydroxylation sites is 1. The molecule has 0 bridgehead atoms. The minimum Gasteiger partial charge on any atom is -0.371 e. The quantitative estimate of drug-likeness (QED) is 0.886. The first kappa shape index (κ1) is 18.3. The number of rotatable bonds is 5. The molecule has 0 aliphatic carbocycles. The lowest BCUT2D eigenvalue weighted by molar-refractivity contribution is -0.117. The predicted octanol–water partition coefficient (Wildman–Crippen LogP) is 2.34. The van der Waals surface area contributed by atoms with E-state index in [0.717, 1.165) is 45.6 Å². The third kappa shape index (κ3) is 5.23. The average molecular weight is 349 g/mol. The van der Waals surface area contributed by atoms with E-state index in [1.165, 1.54) is 6.07 Å². The Morgan fingerprint density at radius 2 is 1.92 bits per heavy atom. The lowest BCUT2D eigenvalue weighted by Crippen LogP contribution is -2.50. The van der Waals surface area contributed by atoms with Gasteiger partial charge in [0.15, 0.2) is 0 Å². The molecule has 3 rings (SSSR count). The second kappa shape index (κ2) is 7.81. The topological polar surface area (TPSA) is 44.8 Å². The van der Waals surface area contributed by atoms with Crippen LogP contribution in [0.3, 0.4) is 0 Å². The summed E-state index contributed by atoms with van der Waals surface area (Å²) in [6.45, 7) is 9.15. The van der Waals surface area contributed by atoms with Crippen molar-refractivity contribution in [2.75, 3.05) is 44.6 Å². The fraction of sp³-hybridized carbons (Fsp3) is 0.632. The van der Waals surface area contributed by atoms with Gasteiger partial charge >= 0.3 is 0 Å². The zero-order chi connectivity index (χ0) is 17.9. The Kier molecular flexibility index (Phi) is 5.71. The fourth-order valence-electron chi connectivity index (χ4n) is 3.58. The van der Waals surface area contributed by atoms with Crippen LogP contribution in [0, 0.1) is 5.82 Å². The van der Waals surface area contributed by atoms with Crippen LogP contribution < -0.4 is 5.32 Å². The smallest absolute Gasteiger partial charge is 0.238 e. The number of amides is 1. The molecule has 138 valence electrons. The maximum atomic E-state index is 13.6. The number of carbonyl (C=O) groups is 1. The molecule has 2 heterocycles. The van der Waals surface area contributed by atoms with Gasteiger partial charge in [0.2, 0.25) is 5.91 Å². The number of anilines is 1. The SMILES string of the molecule is CC1(C)CC[C@H](CN2CCN(CC(=O)Nc3ccccc3F)CC2)O1. The van der Waals surface area contributed by atoms with Crippen LogP contribution in [0.25, 0.3) is 0 Å². The molecular weight excluding hydrogens is 321 g/mol. The normalized spacial score (nSPS) is 24.4. The molecule has 6 heteroatoms. The first-order valence-electron chi connectivity index (χ1n) is 9.08. The summed E-state index contributed by atoms with van der Waals surface area (Å²) in [4.78, 5) is 16.6. The predicted molar refractivity (Wildman–Crippen MR) is 96.1 cm³/mol. The molecule has 1 aromatic carbocycles. The highest BCUT2D eigenvalue weighted by atomic mass is 19.1. The number of benzene rings is 1. The summed E-state index contributed by atoms with van der Waals surface area (Å²) in [5.41, 5.74) is 0.254. The number of ether oxygens (including phenoxy) is 1. The molecule has 2 aliphatic heterocycles. The van der Waals surface area contributed by atoms with Crippen LogP contribution >= 0.6 is 0 Å². The summed E-state index contributed by atoms with van der Waals surface area (Å²) in [7, 11) is 0. The van der Waals surface area contributed by atoms with Gasteiger partial charge in [-0.15, -0.1) is 0 Å². The van der Waals surface area contributed by atoms with Crippen LogP contribution in [0.1, 0.15) is 26.7 Å². The Bertz CT molecular complexity index is 600. The van der Waals surface area contributed by atoms with E-state index >= 15 is 0 Å². The molecule has 1 N–H and O–H groups in total. The molecule has 1 atom stereocenters. The third-order valence-corrected chi connectivity index (χ3v) is 5.00. The lowest BCUT2D eigenvalue weighted by atomic mass is 10.1. The van der Waals surface area contributed by atoms with Gasteiger partial charge in [-0.2, -0.15) is 0 Å². The van der Waals surface area contributed by atoms with Crippen molar-refractivity contribution in [2.45, 2.75) is 38.4 Å². The second-order valence-electron chi connectivity index (χ2n) is 7.64. The van der Waals surface area contributed by atoms with E-state index in [1.807, 2.05) is 0 Å². The van der Waals surface area contributed by atoms with Crippen molar-refractivity contribution in [3.8, 4) is 0 Å². The number of hydrogen-bond acceptors (Lipinski definition) is 4. The van der Waals surface area contributed by atoms with Crippen LogP contribution in [0.2, 0.25) is 0 Å². The van der Waals surface area contributed by atoms with Gasteiger partial charge in [0.25, 0.3) is 0 Å². The van der Waals surface area contributed by atoms with Gasteiger partial charge in [-0.1, -0.05) is 12.1 Å². The highest BCUT2D eigenvalue weighted by molar-refractivity contribution is 5.92. The Morgan fingerprint density at radius 1 is 1.24 bits per heavy atom. The molecule has 2 aliphatic rings. The van der Waals surface area contributed by atoms with Crippen molar-refractivity contribution in [3.05, 3.63) is 30.1 Å². The molecule has 0 radical (unpaired) electrons. The number of nitrogens with one attached hydrogen (secondary N) is 1. The standard InChI is InChI=1S/C19H28FN3O2/c1-19(2)8-7-15(25-19)13-22-9-11-23(12-10-22)14-18(24)21-17-6-4-3-5-16(17)20/h3-6,15H,7-14H2,1-2H3,(H,21,24)/t15-/m1/s1. The van der Waals surface area contributed by atoms with Crippen LogP contribution in [-0.4, -0.2) is 66.7 Å². The summed E-state index contributed by atoms with van der Waals surface area (Å²) in [6, 6.07) is 6.25. The largest absolute Gasteiger partial charge is 0.371 e. The van der Waals surface area contributed by atoms with Crippen molar-refractivity contribution in [1.29, 1.82) is 0 Å². The molecule has 0 unspecified atom stereocenters. The van der Waals surface area contributed by atoms with Gasteiger partial charge in [-0.25, -0.2) is 4.39 Å². The summed E-state index contributed by atoms with van der Waals surface area (Å²) in [5.74, 6) is -0.570. The van der Waals surface area contributed by atoms with E-state index < -0.39 is 5.82 Å². The van der Waals surface area contributed by atoms with Gasteiger partial charge in [-0.05, 0) is 38.8 Å². The number of piperazine rings is 1. The van der Waals surface area contributed by atoms with E-state index in [1.54, 1.807) is 18.2 Å². The van der Waals surface area contributed by atoms with E-state index in [0.29, 0.717) is 12.6 Å². The first-order chi connectivity index (χ1) is 11.9. The molecule has 2 saturated heterocycles. The Labute approximate surface area is 149 Å². The van der Waals surface area contributed by atoms with Gasteiger partial charge in [-0.3, -0.25) is 14.6 Å². The summed E-state index contributed by atoms with van der Waals surface area (Å²) in [5, 5.41) is 2.65. The maximum absolute atomic E-state index is 13.6. The number of nitrogens with zero attached hydrogens (tertiary/aromatic N) is 2. The number of hydrogen-bond donors (Lipinski definition) is 1. The van der Waals surface area contributed by atoms with Crippen molar-refractivity contribution < 1.29 is 13.9 Å². The van der Waals surface area contributed by atoms with Crippen LogP contribution in [-0.2, 0) is 9.53 Å². The van der Waals surface area contributed by atoms with E-state index in [-0.39, 0.29) is 17.2 Å². The van der Waals surface area contributed by atoms with Crippen LogP contribution in [0.5, 0.6) is 0 Å². The van der Waals surface area contributed by atoms with Crippen LogP contribution in [0.4, 0.5) is 10.1 Å². The fourth-order valence-corrected chi connectivity index (χ4v) is 3.58. The molecule has 5 nitrogen and oxygen atoms in total. The highest BCUT2D eigenvalue weighted by Gasteiger charge is 2.33. The minimum atomic E-state index is -0.403. The van der Waals surface area contributed by atoms with Crippen LogP contribution in [0.15, 0.2) is 24.3 Å². The first-order valence-corrected chi connectivity index (χ1v) is 9.08. The second-order valence-corrected chi connectivity index (χ2v) is 7.64. The zero-order valence-corrected chi connectivity index (χ0v) is 15.1. The monoisotopic (exact) mass is 349 g/mol. The van der Waals surface area contributed by atoms with Crippen molar-refractivity contribution in [1.82, 2.24) is 9.80 Å². The third-order valence-electron chi connectivity index (χ3n) is 5.00. The average Bonchev–Trinajstić information content (AvgIpc) is 2.90. The Morgan fingerprint density at radius 3 is 2.56 bits per heavy atom. The molecule has 1 aromatic rings. The minimum absolute atomic E-state index is 0.0112. The molecular formula is C19H28FN3O2. The number of carbonyl (C=O) groups excluding carboxylic acids is 1. The highest BCUT2D eigenvalue weighted by Crippen LogP contribution is 2.29. The molecule has 25 heavy (non-hydrogen) atoms. The van der Waals surface area contributed by atoms with Gasteiger partial charge in [0, 0.05) is 32.7 Å². The summed E-state index contributed by atoms with van der Waals surface area (Å²) >= 11 is 0. The Balaban J connectivity index is 1.39. The lowest BCUT2D eigenvalue weighted by Gasteiger charge is -2.35.